The van der Waals surface area contributed by atoms with E-state index in [2.05, 4.69) is 29.4 Å². The molecule has 0 amide bonds. The van der Waals surface area contributed by atoms with Crippen LogP contribution in [0, 0.1) is 0 Å². The van der Waals surface area contributed by atoms with Crippen LogP contribution < -0.4 is 4.74 Å². The van der Waals surface area contributed by atoms with Crippen LogP contribution in [-0.2, 0) is 13.2 Å². The third kappa shape index (κ3) is 3.26. The third-order valence-corrected chi connectivity index (χ3v) is 3.08. The second kappa shape index (κ2) is 6.06. The monoisotopic (exact) mass is 264 g/mol. The molecule has 0 aliphatic heterocycles. The lowest BCUT2D eigenvalue weighted by molar-refractivity contribution is 0.306. The van der Waals surface area contributed by atoms with Gasteiger partial charge >= 0.3 is 0 Å². The summed E-state index contributed by atoms with van der Waals surface area (Å²) in [6, 6.07) is 20.2. The van der Waals surface area contributed by atoms with Gasteiger partial charge in [-0.15, -0.1) is 0 Å². The number of rotatable bonds is 5. The van der Waals surface area contributed by atoms with Crippen LogP contribution in [0.5, 0.6) is 5.75 Å². The van der Waals surface area contributed by atoms with E-state index >= 15 is 0 Å². The molecule has 3 aromatic rings. The fraction of sp³-hybridized carbons (Fsp3) is 0.118. The van der Waals surface area contributed by atoms with Crippen LogP contribution in [0.15, 0.2) is 73.1 Å². The van der Waals surface area contributed by atoms with Gasteiger partial charge in [0.05, 0.1) is 6.54 Å². The first-order chi connectivity index (χ1) is 9.90. The molecule has 100 valence electrons. The molecule has 3 rings (SSSR count). The minimum atomic E-state index is 0.597. The highest BCUT2D eigenvalue weighted by Gasteiger charge is 1.98. The predicted molar refractivity (Wildman–Crippen MR) is 78.5 cm³/mol. The van der Waals surface area contributed by atoms with Gasteiger partial charge in [0.2, 0.25) is 0 Å². The molecule has 1 heterocycles. The van der Waals surface area contributed by atoms with Crippen LogP contribution in [0.3, 0.4) is 0 Å². The fourth-order valence-corrected chi connectivity index (χ4v) is 2.01. The Kier molecular flexibility index (Phi) is 3.78. The molecule has 0 aliphatic rings. The first kappa shape index (κ1) is 12.5. The van der Waals surface area contributed by atoms with E-state index in [1.165, 1.54) is 11.1 Å². The van der Waals surface area contributed by atoms with Gasteiger partial charge in [0.1, 0.15) is 12.4 Å². The first-order valence-electron chi connectivity index (χ1n) is 6.63. The molecule has 0 radical (unpaired) electrons. The van der Waals surface area contributed by atoms with E-state index in [-0.39, 0.29) is 0 Å². The number of aromatic nitrogens is 2. The van der Waals surface area contributed by atoms with E-state index in [4.69, 9.17) is 4.74 Å². The van der Waals surface area contributed by atoms with Crippen molar-refractivity contribution in [2.75, 3.05) is 0 Å². The topological polar surface area (TPSA) is 27.1 Å². The first-order valence-corrected chi connectivity index (χ1v) is 6.63. The molecule has 0 spiro atoms. The van der Waals surface area contributed by atoms with Crippen molar-refractivity contribution in [1.82, 2.24) is 9.78 Å². The molecule has 0 N–H and O–H groups in total. The highest BCUT2D eigenvalue weighted by molar-refractivity contribution is 5.28. The molecular formula is C17H16N2O. The van der Waals surface area contributed by atoms with Gasteiger partial charge < -0.3 is 4.74 Å². The Morgan fingerprint density at radius 2 is 1.65 bits per heavy atom. The minimum Gasteiger partial charge on any atom is -0.489 e. The molecule has 3 nitrogen and oxygen atoms in total. The summed E-state index contributed by atoms with van der Waals surface area (Å²) in [6.45, 7) is 1.38. The largest absolute Gasteiger partial charge is 0.489 e. The van der Waals surface area contributed by atoms with Crippen molar-refractivity contribution < 1.29 is 4.74 Å². The average molecular weight is 264 g/mol. The molecule has 1 aromatic heterocycles. The van der Waals surface area contributed by atoms with Crippen molar-refractivity contribution in [3.8, 4) is 5.75 Å². The number of benzene rings is 2. The van der Waals surface area contributed by atoms with Crippen molar-refractivity contribution in [3.63, 3.8) is 0 Å². The fourth-order valence-electron chi connectivity index (χ4n) is 2.01. The minimum absolute atomic E-state index is 0.597. The maximum atomic E-state index is 5.76. The molecule has 0 atom stereocenters. The molecular weight excluding hydrogens is 248 g/mol. The summed E-state index contributed by atoms with van der Waals surface area (Å²) in [7, 11) is 0. The summed E-state index contributed by atoms with van der Waals surface area (Å²) in [5.74, 6) is 0.887. The summed E-state index contributed by atoms with van der Waals surface area (Å²) in [4.78, 5) is 0. The summed E-state index contributed by atoms with van der Waals surface area (Å²) in [5, 5.41) is 4.20. The summed E-state index contributed by atoms with van der Waals surface area (Å²) < 4.78 is 7.66. The molecule has 3 heteroatoms. The van der Waals surface area contributed by atoms with E-state index in [9.17, 15) is 0 Å². The molecule has 0 saturated heterocycles. The summed E-state index contributed by atoms with van der Waals surface area (Å²) in [6.07, 6.45) is 3.75. The quantitative estimate of drug-likeness (QED) is 0.705. The smallest absolute Gasteiger partial charge is 0.119 e. The Balaban J connectivity index is 1.59. The summed E-state index contributed by atoms with van der Waals surface area (Å²) in [5.41, 5.74) is 2.38. The lowest BCUT2D eigenvalue weighted by atomic mass is 10.2. The Bertz CT molecular complexity index is 631. The van der Waals surface area contributed by atoms with E-state index in [0.717, 1.165) is 12.3 Å². The Hall–Kier alpha value is -2.55. The second-order valence-electron chi connectivity index (χ2n) is 4.62. The second-order valence-corrected chi connectivity index (χ2v) is 4.62. The maximum absolute atomic E-state index is 5.76. The molecule has 0 saturated carbocycles. The molecule has 20 heavy (non-hydrogen) atoms. The van der Waals surface area contributed by atoms with Crippen molar-refractivity contribution in [3.05, 3.63) is 84.2 Å². The normalized spacial score (nSPS) is 10.4. The maximum Gasteiger partial charge on any atom is 0.119 e. The van der Waals surface area contributed by atoms with E-state index < -0.39 is 0 Å². The zero-order chi connectivity index (χ0) is 13.6. The third-order valence-electron chi connectivity index (χ3n) is 3.08. The van der Waals surface area contributed by atoms with Crippen LogP contribution in [0.2, 0.25) is 0 Å². The van der Waals surface area contributed by atoms with Gasteiger partial charge in [-0.25, -0.2) is 0 Å². The van der Waals surface area contributed by atoms with Crippen LogP contribution in [-0.4, -0.2) is 9.78 Å². The van der Waals surface area contributed by atoms with Crippen LogP contribution in [0.25, 0.3) is 0 Å². The highest BCUT2D eigenvalue weighted by atomic mass is 16.5. The van der Waals surface area contributed by atoms with E-state index in [1.54, 1.807) is 6.20 Å². The van der Waals surface area contributed by atoms with Crippen LogP contribution >= 0.6 is 0 Å². The zero-order valence-corrected chi connectivity index (χ0v) is 11.1. The van der Waals surface area contributed by atoms with Crippen molar-refractivity contribution >= 4 is 0 Å². The average Bonchev–Trinajstić information content (AvgIpc) is 3.01. The number of nitrogens with zero attached hydrogens (tertiary/aromatic N) is 2. The lowest BCUT2D eigenvalue weighted by Crippen LogP contribution is -2.00. The highest BCUT2D eigenvalue weighted by Crippen LogP contribution is 2.14. The van der Waals surface area contributed by atoms with Gasteiger partial charge in [0.25, 0.3) is 0 Å². The van der Waals surface area contributed by atoms with Crippen molar-refractivity contribution in [2.24, 2.45) is 0 Å². The summed E-state index contributed by atoms with van der Waals surface area (Å²) >= 11 is 0. The standard InChI is InChI=1S/C17H16N2O/c1-2-5-16(6-3-1)14-20-17-9-7-15(8-10-17)13-19-12-4-11-18-19/h1-12H,13-14H2. The Labute approximate surface area is 118 Å². The van der Waals surface area contributed by atoms with Gasteiger partial charge in [0.15, 0.2) is 0 Å². The van der Waals surface area contributed by atoms with Gasteiger partial charge in [-0.05, 0) is 29.3 Å². The molecule has 2 aromatic carbocycles. The van der Waals surface area contributed by atoms with Crippen molar-refractivity contribution in [2.45, 2.75) is 13.2 Å². The zero-order valence-electron chi connectivity index (χ0n) is 11.1. The Morgan fingerprint density at radius 3 is 2.35 bits per heavy atom. The van der Waals surface area contributed by atoms with Gasteiger partial charge in [-0.1, -0.05) is 42.5 Å². The Morgan fingerprint density at radius 1 is 0.850 bits per heavy atom. The number of hydrogen-bond donors (Lipinski definition) is 0. The van der Waals surface area contributed by atoms with E-state index in [1.807, 2.05) is 47.3 Å². The number of hydrogen-bond acceptors (Lipinski definition) is 2. The lowest BCUT2D eigenvalue weighted by Gasteiger charge is -2.07. The molecule has 0 unspecified atom stereocenters. The van der Waals surface area contributed by atoms with Gasteiger partial charge in [0, 0.05) is 12.4 Å². The molecule has 0 fully saturated rings. The molecule has 0 bridgehead atoms. The van der Waals surface area contributed by atoms with E-state index in [0.29, 0.717) is 6.61 Å². The SMILES string of the molecule is c1ccc(COc2ccc(Cn3cccn3)cc2)cc1. The van der Waals surface area contributed by atoms with Crippen LogP contribution in [0.1, 0.15) is 11.1 Å². The predicted octanol–water partition coefficient (Wildman–Crippen LogP) is 3.51. The van der Waals surface area contributed by atoms with Gasteiger partial charge in [-0.2, -0.15) is 5.10 Å². The van der Waals surface area contributed by atoms with Crippen LogP contribution in [0.4, 0.5) is 0 Å². The number of ether oxygens (including phenoxy) is 1. The molecule has 0 aliphatic carbocycles. The van der Waals surface area contributed by atoms with Gasteiger partial charge in [-0.3, -0.25) is 4.68 Å². The van der Waals surface area contributed by atoms with Crippen molar-refractivity contribution in [1.29, 1.82) is 0 Å².